The third-order valence-electron chi connectivity index (χ3n) is 4.30. The lowest BCUT2D eigenvalue weighted by molar-refractivity contribution is -0.128. The van der Waals surface area contributed by atoms with Crippen molar-refractivity contribution in [2.24, 2.45) is 0 Å². The maximum atomic E-state index is 12.4. The van der Waals surface area contributed by atoms with E-state index in [2.05, 4.69) is 35.4 Å². The van der Waals surface area contributed by atoms with E-state index in [0.717, 1.165) is 17.7 Å². The number of hydrogen-bond acceptors (Lipinski definition) is 2. The van der Waals surface area contributed by atoms with Crippen molar-refractivity contribution in [3.63, 3.8) is 0 Å². The minimum atomic E-state index is -0.465. The Morgan fingerprint density at radius 2 is 2.00 bits per heavy atom. The number of H-pyrrole nitrogens is 1. The molecule has 0 fully saturated rings. The highest BCUT2D eigenvalue weighted by Crippen LogP contribution is 2.20. The van der Waals surface area contributed by atoms with Gasteiger partial charge in [0.15, 0.2) is 6.10 Å². The van der Waals surface area contributed by atoms with Gasteiger partial charge in [0.1, 0.15) is 5.75 Å². The first-order valence-corrected chi connectivity index (χ1v) is 8.73. The highest BCUT2D eigenvalue weighted by molar-refractivity contribution is 5.84. The minimum Gasteiger partial charge on any atom is -0.481 e. The Labute approximate surface area is 148 Å². The van der Waals surface area contributed by atoms with E-state index in [0.29, 0.717) is 13.0 Å². The van der Waals surface area contributed by atoms with Crippen molar-refractivity contribution in [3.05, 3.63) is 65.9 Å². The summed E-state index contributed by atoms with van der Waals surface area (Å²) in [6.45, 7) is 4.63. The predicted molar refractivity (Wildman–Crippen MR) is 101 cm³/mol. The molecule has 1 amide bonds. The summed E-state index contributed by atoms with van der Waals surface area (Å²) in [4.78, 5) is 15.7. The second kappa shape index (κ2) is 7.88. The number of hydrogen-bond donors (Lipinski definition) is 2. The lowest BCUT2D eigenvalue weighted by Gasteiger charge is -2.17. The van der Waals surface area contributed by atoms with Crippen LogP contribution in [0.15, 0.2) is 54.7 Å². The Balaban J connectivity index is 1.56. The van der Waals surface area contributed by atoms with Crippen molar-refractivity contribution >= 4 is 16.8 Å². The van der Waals surface area contributed by atoms with Gasteiger partial charge in [-0.1, -0.05) is 36.8 Å². The number of ether oxygens (including phenoxy) is 1. The van der Waals surface area contributed by atoms with Gasteiger partial charge in [0.2, 0.25) is 0 Å². The van der Waals surface area contributed by atoms with Gasteiger partial charge in [0, 0.05) is 23.6 Å². The van der Waals surface area contributed by atoms with Crippen LogP contribution in [0.4, 0.5) is 0 Å². The summed E-state index contributed by atoms with van der Waals surface area (Å²) in [6.07, 6.45) is 2.98. The largest absolute Gasteiger partial charge is 0.481 e. The molecule has 0 saturated heterocycles. The first-order chi connectivity index (χ1) is 12.2. The van der Waals surface area contributed by atoms with Crippen LogP contribution in [0, 0.1) is 6.92 Å². The Kier molecular flexibility index (Phi) is 5.39. The number of fused-ring (bicyclic) bond motifs is 1. The zero-order valence-corrected chi connectivity index (χ0v) is 14.7. The molecule has 4 heteroatoms. The van der Waals surface area contributed by atoms with Gasteiger partial charge in [-0.3, -0.25) is 4.79 Å². The molecule has 2 aromatic carbocycles. The number of nitrogens with one attached hydrogen (secondary N) is 2. The first kappa shape index (κ1) is 17.1. The Morgan fingerprint density at radius 1 is 1.20 bits per heavy atom. The monoisotopic (exact) mass is 336 g/mol. The maximum absolute atomic E-state index is 12.4. The maximum Gasteiger partial charge on any atom is 0.261 e. The number of carbonyl (C=O) groups is 1. The lowest BCUT2D eigenvalue weighted by Crippen LogP contribution is -2.38. The summed E-state index contributed by atoms with van der Waals surface area (Å²) >= 11 is 0. The van der Waals surface area contributed by atoms with E-state index in [1.165, 1.54) is 16.5 Å². The molecule has 0 saturated carbocycles. The molecule has 0 aliphatic heterocycles. The molecule has 1 aromatic heterocycles. The molecule has 0 spiro atoms. The van der Waals surface area contributed by atoms with E-state index in [1.54, 1.807) is 0 Å². The molecular formula is C21H24N2O2. The van der Waals surface area contributed by atoms with Crippen molar-refractivity contribution in [2.45, 2.75) is 32.8 Å². The molecule has 2 N–H and O–H groups in total. The Hall–Kier alpha value is -2.75. The average Bonchev–Trinajstić information content (AvgIpc) is 3.02. The number of aryl methyl sites for hydroxylation is 1. The SMILES string of the molecule is CC[C@@H](Oc1ccccc1)C(=O)NCCc1c[nH]c2ccc(C)cc12. The molecule has 4 nitrogen and oxygen atoms in total. The number of para-hydroxylation sites is 1. The van der Waals surface area contributed by atoms with Crippen LogP contribution in [0.1, 0.15) is 24.5 Å². The molecule has 0 bridgehead atoms. The van der Waals surface area contributed by atoms with Crippen molar-refractivity contribution in [2.75, 3.05) is 6.54 Å². The molecule has 25 heavy (non-hydrogen) atoms. The lowest BCUT2D eigenvalue weighted by atomic mass is 10.1. The molecule has 0 aliphatic carbocycles. The van der Waals surface area contributed by atoms with E-state index in [-0.39, 0.29) is 5.91 Å². The van der Waals surface area contributed by atoms with Crippen molar-refractivity contribution in [3.8, 4) is 5.75 Å². The van der Waals surface area contributed by atoms with E-state index >= 15 is 0 Å². The predicted octanol–water partition coefficient (Wildman–Crippen LogP) is 3.99. The topological polar surface area (TPSA) is 54.1 Å². The first-order valence-electron chi connectivity index (χ1n) is 8.73. The van der Waals surface area contributed by atoms with Crippen LogP contribution < -0.4 is 10.1 Å². The fourth-order valence-electron chi connectivity index (χ4n) is 2.92. The standard InChI is InChI=1S/C21H24N2O2/c1-3-20(25-17-7-5-4-6-8-17)21(24)22-12-11-16-14-23-19-10-9-15(2)13-18(16)19/h4-10,13-14,20,23H,3,11-12H2,1-2H3,(H,22,24)/t20-/m1/s1. The summed E-state index contributed by atoms with van der Waals surface area (Å²) in [6, 6.07) is 15.8. The molecule has 130 valence electrons. The van der Waals surface area contributed by atoms with Crippen LogP contribution in [-0.2, 0) is 11.2 Å². The number of amides is 1. The molecule has 0 aliphatic rings. The van der Waals surface area contributed by atoms with E-state index in [1.807, 2.05) is 43.5 Å². The summed E-state index contributed by atoms with van der Waals surface area (Å²) in [7, 11) is 0. The van der Waals surface area contributed by atoms with Gasteiger partial charge in [-0.15, -0.1) is 0 Å². The molecule has 1 atom stereocenters. The van der Waals surface area contributed by atoms with Crippen LogP contribution in [0.3, 0.4) is 0 Å². The van der Waals surface area contributed by atoms with Gasteiger partial charge in [0.25, 0.3) is 5.91 Å². The van der Waals surface area contributed by atoms with E-state index in [4.69, 9.17) is 4.74 Å². The number of carbonyl (C=O) groups excluding carboxylic acids is 1. The van der Waals surface area contributed by atoms with Gasteiger partial charge < -0.3 is 15.0 Å². The third-order valence-corrected chi connectivity index (χ3v) is 4.30. The van der Waals surface area contributed by atoms with Crippen LogP contribution in [0.2, 0.25) is 0 Å². The van der Waals surface area contributed by atoms with Gasteiger partial charge in [-0.25, -0.2) is 0 Å². The zero-order valence-electron chi connectivity index (χ0n) is 14.7. The smallest absolute Gasteiger partial charge is 0.261 e. The summed E-state index contributed by atoms with van der Waals surface area (Å²) in [5, 5.41) is 4.22. The highest BCUT2D eigenvalue weighted by Gasteiger charge is 2.17. The zero-order chi connectivity index (χ0) is 17.6. The fraction of sp³-hybridized carbons (Fsp3) is 0.286. The van der Waals surface area contributed by atoms with Crippen molar-refractivity contribution in [1.82, 2.24) is 10.3 Å². The fourth-order valence-corrected chi connectivity index (χ4v) is 2.92. The molecule has 1 heterocycles. The van der Waals surface area contributed by atoms with Gasteiger partial charge in [0.05, 0.1) is 0 Å². The van der Waals surface area contributed by atoms with Gasteiger partial charge in [-0.05, 0) is 49.6 Å². The molecule has 3 rings (SSSR count). The summed E-state index contributed by atoms with van der Waals surface area (Å²) in [5.74, 6) is 0.652. The number of rotatable bonds is 7. The van der Waals surface area contributed by atoms with Crippen LogP contribution in [0.5, 0.6) is 5.75 Å². The second-order valence-electron chi connectivity index (χ2n) is 6.23. The number of aromatic nitrogens is 1. The molecular weight excluding hydrogens is 312 g/mol. The van der Waals surface area contributed by atoms with Crippen molar-refractivity contribution in [1.29, 1.82) is 0 Å². The van der Waals surface area contributed by atoms with Crippen LogP contribution >= 0.6 is 0 Å². The summed E-state index contributed by atoms with van der Waals surface area (Å²) in [5.41, 5.74) is 3.58. The number of benzene rings is 2. The van der Waals surface area contributed by atoms with Gasteiger partial charge in [-0.2, -0.15) is 0 Å². The number of aromatic amines is 1. The quantitative estimate of drug-likeness (QED) is 0.685. The van der Waals surface area contributed by atoms with Gasteiger partial charge >= 0.3 is 0 Å². The Bertz CT molecular complexity index is 839. The Morgan fingerprint density at radius 3 is 2.76 bits per heavy atom. The molecule has 0 unspecified atom stereocenters. The van der Waals surface area contributed by atoms with E-state index < -0.39 is 6.10 Å². The van der Waals surface area contributed by atoms with E-state index in [9.17, 15) is 4.79 Å². The third kappa shape index (κ3) is 4.21. The van der Waals surface area contributed by atoms with Crippen LogP contribution in [0.25, 0.3) is 10.9 Å². The normalized spacial score (nSPS) is 12.1. The van der Waals surface area contributed by atoms with Crippen LogP contribution in [-0.4, -0.2) is 23.5 Å². The summed E-state index contributed by atoms with van der Waals surface area (Å²) < 4.78 is 5.78. The highest BCUT2D eigenvalue weighted by atomic mass is 16.5. The minimum absolute atomic E-state index is 0.0672. The molecule has 3 aromatic rings. The average molecular weight is 336 g/mol. The molecule has 0 radical (unpaired) electrons. The second-order valence-corrected chi connectivity index (χ2v) is 6.23. The van der Waals surface area contributed by atoms with Crippen molar-refractivity contribution < 1.29 is 9.53 Å².